The molecule has 2 fully saturated rings. The number of hydrogen-bond acceptors (Lipinski definition) is 3. The number of H-pyrrole nitrogens is 1. The van der Waals surface area contributed by atoms with E-state index in [1.54, 1.807) is 18.2 Å². The van der Waals surface area contributed by atoms with Crippen molar-refractivity contribution in [2.24, 2.45) is 23.7 Å². The number of hydrogen-bond donors (Lipinski definition) is 1. The normalized spacial score (nSPS) is 26.4. The van der Waals surface area contributed by atoms with E-state index < -0.39 is 11.5 Å². The Morgan fingerprint density at radius 1 is 1.17 bits per heavy atom. The highest BCUT2D eigenvalue weighted by Gasteiger charge is 2.42. The van der Waals surface area contributed by atoms with Gasteiger partial charge in [-0.1, -0.05) is 24.3 Å². The van der Waals surface area contributed by atoms with E-state index in [1.807, 2.05) is 4.90 Å². The maximum Gasteiger partial charge on any atom is 0.348 e. The van der Waals surface area contributed by atoms with Gasteiger partial charge in [-0.3, -0.25) is 4.79 Å². The largest absolute Gasteiger partial charge is 0.348 e. The Bertz CT molecular complexity index is 1000. The summed E-state index contributed by atoms with van der Waals surface area (Å²) in [7, 11) is 0. The van der Waals surface area contributed by atoms with Crippen LogP contribution < -0.4 is 5.69 Å². The number of nitrogens with zero attached hydrogens (tertiary/aromatic N) is 3. The summed E-state index contributed by atoms with van der Waals surface area (Å²) in [6, 6.07) is 6.23. The second-order valence-corrected chi connectivity index (χ2v) is 8.59. The molecule has 3 aliphatic rings. The quantitative estimate of drug-likeness (QED) is 0.808. The zero-order chi connectivity index (χ0) is 20.0. The van der Waals surface area contributed by atoms with Gasteiger partial charge in [0.15, 0.2) is 0 Å². The fourth-order valence-corrected chi connectivity index (χ4v) is 5.26. The molecule has 0 unspecified atom stereocenters. The molecule has 7 heteroatoms. The molecule has 3 atom stereocenters. The van der Waals surface area contributed by atoms with Gasteiger partial charge in [0, 0.05) is 25.4 Å². The number of amides is 1. The predicted octanol–water partition coefficient (Wildman–Crippen LogP) is 2.69. The minimum atomic E-state index is -0.447. The van der Waals surface area contributed by atoms with Gasteiger partial charge in [-0.15, -0.1) is 0 Å². The van der Waals surface area contributed by atoms with E-state index in [1.165, 1.54) is 10.6 Å². The molecule has 5 rings (SSSR count). The first-order valence-electron chi connectivity index (χ1n) is 10.5. The topological polar surface area (TPSA) is 71.0 Å². The highest BCUT2D eigenvalue weighted by Crippen LogP contribution is 2.44. The van der Waals surface area contributed by atoms with Crippen molar-refractivity contribution >= 4 is 5.91 Å². The Balaban J connectivity index is 1.24. The number of carbonyl (C=O) groups excluding carboxylic acids is 1. The fraction of sp³-hybridized carbons (Fsp3) is 0.500. The summed E-state index contributed by atoms with van der Waals surface area (Å²) in [5, 5.41) is 6.59. The molecule has 2 aromatic rings. The zero-order valence-corrected chi connectivity index (χ0v) is 16.3. The number of aromatic amines is 1. The molecule has 29 heavy (non-hydrogen) atoms. The van der Waals surface area contributed by atoms with Crippen molar-refractivity contribution in [1.29, 1.82) is 0 Å². The smallest absolute Gasteiger partial charge is 0.342 e. The Hall–Kier alpha value is -2.70. The Morgan fingerprint density at radius 2 is 1.97 bits per heavy atom. The molecule has 152 valence electrons. The van der Waals surface area contributed by atoms with Gasteiger partial charge in [0.05, 0.1) is 5.69 Å². The number of likely N-dealkylation sites (tertiary alicyclic amines) is 1. The van der Waals surface area contributed by atoms with Crippen LogP contribution in [0.4, 0.5) is 4.39 Å². The fourth-order valence-electron chi connectivity index (χ4n) is 5.26. The number of nitrogens with one attached hydrogen (secondary N) is 1. The summed E-state index contributed by atoms with van der Waals surface area (Å²) < 4.78 is 15.5. The summed E-state index contributed by atoms with van der Waals surface area (Å²) in [5.41, 5.74) is -0.208. The number of fused-ring (bicyclic) bond motifs is 2. The van der Waals surface area contributed by atoms with Gasteiger partial charge in [0.1, 0.15) is 11.6 Å². The van der Waals surface area contributed by atoms with Crippen LogP contribution in [0.2, 0.25) is 0 Å². The van der Waals surface area contributed by atoms with Crippen molar-refractivity contribution in [2.75, 3.05) is 13.1 Å². The third-order valence-electron chi connectivity index (χ3n) is 6.83. The van der Waals surface area contributed by atoms with Crippen molar-refractivity contribution < 1.29 is 9.18 Å². The van der Waals surface area contributed by atoms with Crippen molar-refractivity contribution in [3.63, 3.8) is 0 Å². The number of piperidine rings is 1. The van der Waals surface area contributed by atoms with Crippen LogP contribution >= 0.6 is 0 Å². The molecular weight excluding hydrogens is 371 g/mol. The van der Waals surface area contributed by atoms with Gasteiger partial charge >= 0.3 is 5.69 Å². The molecule has 1 aromatic carbocycles. The minimum Gasteiger partial charge on any atom is -0.342 e. The molecular formula is C22H25FN4O2. The summed E-state index contributed by atoms with van der Waals surface area (Å²) in [5.74, 6) is 1.92. The molecule has 1 aromatic heterocycles. The molecule has 2 bridgehead atoms. The average Bonchev–Trinajstić information content (AvgIpc) is 3.45. The standard InChI is InChI=1S/C22H25FN4O2/c23-18-3-1-2-4-19(18)27-20(24-25-22(27)29)13-14-7-9-26(10-8-14)21(28)17-12-15-5-6-16(17)11-15/h1-6,14-17H,7-13H2,(H,25,29)/t15-,16-,17-/m0/s1. The lowest BCUT2D eigenvalue weighted by atomic mass is 9.89. The van der Waals surface area contributed by atoms with E-state index in [2.05, 4.69) is 22.3 Å². The van der Waals surface area contributed by atoms with Crippen molar-refractivity contribution in [2.45, 2.75) is 32.1 Å². The van der Waals surface area contributed by atoms with E-state index in [4.69, 9.17) is 0 Å². The average molecular weight is 396 g/mol. The molecule has 1 aliphatic heterocycles. The second-order valence-electron chi connectivity index (χ2n) is 8.59. The molecule has 2 heterocycles. The van der Waals surface area contributed by atoms with Crippen LogP contribution in [0.1, 0.15) is 31.5 Å². The number of rotatable bonds is 4. The van der Waals surface area contributed by atoms with Crippen LogP contribution in [0.15, 0.2) is 41.2 Å². The molecule has 1 N–H and O–H groups in total. The van der Waals surface area contributed by atoms with E-state index in [9.17, 15) is 14.0 Å². The lowest BCUT2D eigenvalue weighted by Gasteiger charge is -2.34. The number of allylic oxidation sites excluding steroid dienone is 2. The van der Waals surface area contributed by atoms with E-state index in [0.29, 0.717) is 35.9 Å². The highest BCUT2D eigenvalue weighted by molar-refractivity contribution is 5.80. The third-order valence-corrected chi connectivity index (χ3v) is 6.83. The summed E-state index contributed by atoms with van der Waals surface area (Å²) >= 11 is 0. The maximum absolute atomic E-state index is 14.2. The molecule has 0 radical (unpaired) electrons. The summed E-state index contributed by atoms with van der Waals surface area (Å²) in [6.45, 7) is 1.49. The van der Waals surface area contributed by atoms with Gasteiger partial charge in [0.25, 0.3) is 0 Å². The highest BCUT2D eigenvalue weighted by atomic mass is 19.1. The first kappa shape index (κ1) is 18.3. The molecule has 6 nitrogen and oxygen atoms in total. The zero-order valence-electron chi connectivity index (χ0n) is 16.3. The predicted molar refractivity (Wildman–Crippen MR) is 106 cm³/mol. The SMILES string of the molecule is O=C([C@H]1C[C@H]2C=C[C@H]1C2)N1CCC(Cc2n[nH]c(=O)n2-c2ccccc2F)CC1. The van der Waals surface area contributed by atoms with Crippen molar-refractivity contribution in [3.8, 4) is 5.69 Å². The van der Waals surface area contributed by atoms with Gasteiger partial charge in [0.2, 0.25) is 5.91 Å². The summed E-state index contributed by atoms with van der Waals surface area (Å²) in [6.07, 6.45) is 8.97. The van der Waals surface area contributed by atoms with Crippen LogP contribution in [-0.2, 0) is 11.2 Å². The van der Waals surface area contributed by atoms with Crippen molar-refractivity contribution in [3.05, 3.63) is 58.5 Å². The van der Waals surface area contributed by atoms with Gasteiger partial charge < -0.3 is 4.90 Å². The number of aromatic nitrogens is 3. The monoisotopic (exact) mass is 396 g/mol. The van der Waals surface area contributed by atoms with Crippen molar-refractivity contribution in [1.82, 2.24) is 19.7 Å². The maximum atomic E-state index is 14.2. The molecule has 1 saturated heterocycles. The van der Waals surface area contributed by atoms with E-state index in [-0.39, 0.29) is 11.6 Å². The van der Waals surface area contributed by atoms with Gasteiger partial charge in [-0.05, 0) is 55.6 Å². The van der Waals surface area contributed by atoms with Crippen LogP contribution in [0.3, 0.4) is 0 Å². The lowest BCUT2D eigenvalue weighted by Crippen LogP contribution is -2.43. The minimum absolute atomic E-state index is 0.166. The van der Waals surface area contributed by atoms with Gasteiger partial charge in [-0.25, -0.2) is 18.9 Å². The van der Waals surface area contributed by atoms with Crippen LogP contribution in [0.5, 0.6) is 0 Å². The van der Waals surface area contributed by atoms with Gasteiger partial charge in [-0.2, -0.15) is 5.10 Å². The molecule has 1 saturated carbocycles. The van der Waals surface area contributed by atoms with E-state index in [0.717, 1.165) is 38.8 Å². The lowest BCUT2D eigenvalue weighted by molar-refractivity contribution is -0.137. The summed E-state index contributed by atoms with van der Waals surface area (Å²) in [4.78, 5) is 27.1. The van der Waals surface area contributed by atoms with Crippen LogP contribution in [-0.4, -0.2) is 38.7 Å². The number of halogens is 1. The Morgan fingerprint density at radius 3 is 2.66 bits per heavy atom. The number of carbonyl (C=O) groups is 1. The number of benzene rings is 1. The third kappa shape index (κ3) is 3.32. The molecule has 1 amide bonds. The van der Waals surface area contributed by atoms with Crippen LogP contribution in [0.25, 0.3) is 5.69 Å². The number of para-hydroxylation sites is 1. The Labute approximate surface area is 168 Å². The van der Waals surface area contributed by atoms with E-state index >= 15 is 0 Å². The molecule has 0 spiro atoms. The van der Waals surface area contributed by atoms with Crippen LogP contribution in [0, 0.1) is 29.5 Å². The first-order chi connectivity index (χ1) is 14.1. The Kier molecular flexibility index (Phi) is 4.60. The second kappa shape index (κ2) is 7.28. The first-order valence-corrected chi connectivity index (χ1v) is 10.5. The molecule has 2 aliphatic carbocycles.